The van der Waals surface area contributed by atoms with Crippen molar-refractivity contribution in [3.8, 4) is 11.5 Å². The van der Waals surface area contributed by atoms with E-state index in [4.69, 9.17) is 14.2 Å². The number of benzene rings is 2. The van der Waals surface area contributed by atoms with Gasteiger partial charge < -0.3 is 24.8 Å². The number of rotatable bonds is 6. The van der Waals surface area contributed by atoms with E-state index in [1.165, 1.54) is 11.1 Å². The number of methoxy groups -OCH3 is 2. The van der Waals surface area contributed by atoms with Crippen molar-refractivity contribution in [2.75, 3.05) is 39.7 Å². The fraction of sp³-hybridized carbons (Fsp3) is 0.435. The summed E-state index contributed by atoms with van der Waals surface area (Å²) in [5.41, 5.74) is 3.38. The van der Waals surface area contributed by atoms with Crippen molar-refractivity contribution in [3.63, 3.8) is 0 Å². The van der Waals surface area contributed by atoms with E-state index in [2.05, 4.69) is 46.8 Å². The molecule has 3 rings (SSSR count). The first-order valence-corrected chi connectivity index (χ1v) is 10.0. The van der Waals surface area contributed by atoms with Crippen molar-refractivity contribution >= 4 is 11.6 Å². The van der Waals surface area contributed by atoms with Gasteiger partial charge in [0, 0.05) is 37.9 Å². The number of nitrogens with zero attached hydrogens (tertiary/aromatic N) is 1. The molecule has 0 radical (unpaired) electrons. The number of aliphatic imine (C=N–C) groups is 1. The molecule has 2 unspecified atom stereocenters. The molecule has 0 saturated carbocycles. The zero-order chi connectivity index (χ0) is 20.6. The second-order valence-corrected chi connectivity index (χ2v) is 7.25. The maximum Gasteiger partial charge on any atom is 0.195 e. The Balaban J connectivity index is 1.64. The van der Waals surface area contributed by atoms with Gasteiger partial charge in [0.15, 0.2) is 17.5 Å². The highest BCUT2D eigenvalue weighted by molar-refractivity contribution is 5.93. The van der Waals surface area contributed by atoms with E-state index in [1.807, 2.05) is 18.2 Å². The molecule has 1 aliphatic rings. The van der Waals surface area contributed by atoms with Crippen LogP contribution in [-0.4, -0.2) is 40.4 Å². The molecular weight excluding hydrogens is 366 g/mol. The summed E-state index contributed by atoms with van der Waals surface area (Å²) in [5, 5.41) is 6.77. The lowest BCUT2D eigenvalue weighted by Gasteiger charge is -2.32. The van der Waals surface area contributed by atoms with Crippen molar-refractivity contribution in [1.29, 1.82) is 0 Å². The standard InChI is InChI=1S/C23H31N3O3/c1-16-7-9-17(10-8-16)22-18(6-5-13-29-22)15-25-23(24-2)26-19-11-12-20(27-3)21(14-19)28-4/h7-12,14,18,22H,5-6,13,15H2,1-4H3,(H2,24,25,26). The third-order valence-corrected chi connectivity index (χ3v) is 5.25. The molecule has 0 spiro atoms. The second kappa shape index (κ2) is 10.2. The smallest absolute Gasteiger partial charge is 0.195 e. The number of hydrogen-bond acceptors (Lipinski definition) is 4. The summed E-state index contributed by atoms with van der Waals surface area (Å²) in [6.07, 6.45) is 2.31. The Morgan fingerprint density at radius 2 is 1.86 bits per heavy atom. The van der Waals surface area contributed by atoms with Crippen LogP contribution in [0.25, 0.3) is 0 Å². The minimum atomic E-state index is 0.107. The molecular formula is C23H31N3O3. The van der Waals surface area contributed by atoms with Gasteiger partial charge in [-0.3, -0.25) is 4.99 Å². The van der Waals surface area contributed by atoms with E-state index in [1.54, 1.807) is 21.3 Å². The van der Waals surface area contributed by atoms with E-state index in [0.717, 1.165) is 31.7 Å². The lowest BCUT2D eigenvalue weighted by molar-refractivity contribution is -0.0264. The summed E-state index contributed by atoms with van der Waals surface area (Å²) in [7, 11) is 5.02. The summed E-state index contributed by atoms with van der Waals surface area (Å²) < 4.78 is 16.8. The average molecular weight is 398 g/mol. The first-order chi connectivity index (χ1) is 14.1. The van der Waals surface area contributed by atoms with Crippen LogP contribution < -0.4 is 20.1 Å². The quantitative estimate of drug-likeness (QED) is 0.566. The maximum atomic E-state index is 6.13. The molecule has 2 aromatic rings. The molecule has 1 saturated heterocycles. The van der Waals surface area contributed by atoms with Crippen molar-refractivity contribution in [1.82, 2.24) is 5.32 Å². The van der Waals surface area contributed by atoms with E-state index in [0.29, 0.717) is 23.4 Å². The fourth-order valence-corrected chi connectivity index (χ4v) is 3.63. The van der Waals surface area contributed by atoms with Crippen LogP contribution in [0.4, 0.5) is 5.69 Å². The van der Waals surface area contributed by atoms with Crippen molar-refractivity contribution < 1.29 is 14.2 Å². The highest BCUT2D eigenvalue weighted by Gasteiger charge is 2.27. The van der Waals surface area contributed by atoms with Crippen LogP contribution in [0.5, 0.6) is 11.5 Å². The Hall–Kier alpha value is -2.73. The average Bonchev–Trinajstić information content (AvgIpc) is 2.77. The van der Waals surface area contributed by atoms with Crippen LogP contribution in [0.1, 0.15) is 30.1 Å². The Morgan fingerprint density at radius 3 is 2.55 bits per heavy atom. The van der Waals surface area contributed by atoms with Gasteiger partial charge in [0.05, 0.1) is 20.3 Å². The summed E-state index contributed by atoms with van der Waals surface area (Å²) >= 11 is 0. The van der Waals surface area contributed by atoms with E-state index in [9.17, 15) is 0 Å². The van der Waals surface area contributed by atoms with Crippen LogP contribution in [0.15, 0.2) is 47.5 Å². The van der Waals surface area contributed by atoms with Gasteiger partial charge >= 0.3 is 0 Å². The number of guanidine groups is 1. The topological polar surface area (TPSA) is 64.1 Å². The molecule has 1 aliphatic heterocycles. The molecule has 0 bridgehead atoms. The molecule has 0 aromatic heterocycles. The predicted molar refractivity (Wildman–Crippen MR) is 117 cm³/mol. The maximum absolute atomic E-state index is 6.13. The molecule has 6 nitrogen and oxygen atoms in total. The first-order valence-electron chi connectivity index (χ1n) is 10.0. The predicted octanol–water partition coefficient (Wildman–Crippen LogP) is 4.17. The van der Waals surface area contributed by atoms with Crippen molar-refractivity contribution in [2.45, 2.75) is 25.9 Å². The normalized spacial score (nSPS) is 19.5. The van der Waals surface area contributed by atoms with Crippen LogP contribution in [0.2, 0.25) is 0 Å². The minimum absolute atomic E-state index is 0.107. The van der Waals surface area contributed by atoms with Gasteiger partial charge in [-0.1, -0.05) is 29.8 Å². The molecule has 6 heteroatoms. The zero-order valence-corrected chi connectivity index (χ0v) is 17.7. The first kappa shape index (κ1) is 21.0. The zero-order valence-electron chi connectivity index (χ0n) is 17.7. The van der Waals surface area contributed by atoms with Crippen LogP contribution in [0, 0.1) is 12.8 Å². The number of anilines is 1. The molecule has 2 atom stereocenters. The molecule has 0 aliphatic carbocycles. The van der Waals surface area contributed by atoms with Gasteiger partial charge in [-0.2, -0.15) is 0 Å². The van der Waals surface area contributed by atoms with Crippen molar-refractivity contribution in [3.05, 3.63) is 53.6 Å². The molecule has 1 heterocycles. The van der Waals surface area contributed by atoms with E-state index in [-0.39, 0.29) is 6.10 Å². The number of aryl methyl sites for hydroxylation is 1. The largest absolute Gasteiger partial charge is 0.493 e. The Bertz CT molecular complexity index is 821. The summed E-state index contributed by atoms with van der Waals surface area (Å²) in [4.78, 5) is 4.36. The molecule has 2 N–H and O–H groups in total. The lowest BCUT2D eigenvalue weighted by atomic mass is 9.89. The number of hydrogen-bond donors (Lipinski definition) is 2. The van der Waals surface area contributed by atoms with Gasteiger partial charge in [-0.05, 0) is 37.5 Å². The van der Waals surface area contributed by atoms with Gasteiger partial charge in [-0.15, -0.1) is 0 Å². The molecule has 156 valence electrons. The van der Waals surface area contributed by atoms with E-state index < -0.39 is 0 Å². The molecule has 2 aromatic carbocycles. The number of ether oxygens (including phenoxy) is 3. The van der Waals surface area contributed by atoms with Crippen LogP contribution in [0.3, 0.4) is 0 Å². The van der Waals surface area contributed by atoms with Crippen LogP contribution >= 0.6 is 0 Å². The van der Waals surface area contributed by atoms with Gasteiger partial charge in [0.25, 0.3) is 0 Å². The highest BCUT2D eigenvalue weighted by atomic mass is 16.5. The van der Waals surface area contributed by atoms with Gasteiger partial charge in [0.2, 0.25) is 0 Å². The summed E-state index contributed by atoms with van der Waals surface area (Å²) in [6.45, 7) is 3.70. The van der Waals surface area contributed by atoms with Crippen molar-refractivity contribution in [2.24, 2.45) is 10.9 Å². The monoisotopic (exact) mass is 397 g/mol. The Morgan fingerprint density at radius 1 is 1.10 bits per heavy atom. The Kier molecular flexibility index (Phi) is 7.36. The highest BCUT2D eigenvalue weighted by Crippen LogP contribution is 2.33. The molecule has 1 fully saturated rings. The SMILES string of the molecule is CN=C(NCC1CCCOC1c1ccc(C)cc1)Nc1ccc(OC)c(OC)c1. The van der Waals surface area contributed by atoms with Gasteiger partial charge in [0.1, 0.15) is 0 Å². The number of nitrogens with one attached hydrogen (secondary N) is 2. The fourth-order valence-electron chi connectivity index (χ4n) is 3.63. The third-order valence-electron chi connectivity index (χ3n) is 5.25. The molecule has 29 heavy (non-hydrogen) atoms. The third kappa shape index (κ3) is 5.41. The molecule has 0 amide bonds. The summed E-state index contributed by atoms with van der Waals surface area (Å²) in [5.74, 6) is 2.47. The minimum Gasteiger partial charge on any atom is -0.493 e. The summed E-state index contributed by atoms with van der Waals surface area (Å²) in [6, 6.07) is 14.4. The second-order valence-electron chi connectivity index (χ2n) is 7.25. The Labute approximate surface area is 173 Å². The van der Waals surface area contributed by atoms with Crippen LogP contribution in [-0.2, 0) is 4.74 Å². The van der Waals surface area contributed by atoms with E-state index >= 15 is 0 Å². The van der Waals surface area contributed by atoms with Gasteiger partial charge in [-0.25, -0.2) is 0 Å². The lowest BCUT2D eigenvalue weighted by Crippen LogP contribution is -2.38.